The second kappa shape index (κ2) is 6.14. The van der Waals surface area contributed by atoms with Crippen LogP contribution in [0.25, 0.3) is 0 Å². The van der Waals surface area contributed by atoms with Crippen molar-refractivity contribution in [1.82, 2.24) is 19.7 Å². The Bertz CT molecular complexity index is 657. The maximum absolute atomic E-state index is 13.2. The molecule has 1 aromatic carbocycles. The molecule has 0 saturated carbocycles. The zero-order chi connectivity index (χ0) is 15.7. The van der Waals surface area contributed by atoms with Crippen LogP contribution in [0.3, 0.4) is 0 Å². The van der Waals surface area contributed by atoms with Gasteiger partial charge < -0.3 is 9.67 Å². The molecule has 0 spiro atoms. The number of nitrogens with zero attached hydrogens (tertiary/aromatic N) is 4. The summed E-state index contributed by atoms with van der Waals surface area (Å²) in [5.41, 5.74) is 1.56. The fourth-order valence-electron chi connectivity index (χ4n) is 3.26. The molecule has 1 aliphatic heterocycles. The molecule has 1 saturated heterocycles. The molecule has 2 unspecified atom stereocenters. The molecule has 6 heteroatoms. The van der Waals surface area contributed by atoms with Crippen LogP contribution in [0.1, 0.15) is 41.9 Å². The van der Waals surface area contributed by atoms with E-state index >= 15 is 0 Å². The second-order valence-corrected chi connectivity index (χ2v) is 5.97. The average Bonchev–Trinajstić information content (AvgIpc) is 3.07. The first-order valence-electron chi connectivity index (χ1n) is 7.58. The van der Waals surface area contributed by atoms with Gasteiger partial charge in [0.05, 0.1) is 12.1 Å². The van der Waals surface area contributed by atoms with Crippen molar-refractivity contribution >= 4 is 0 Å². The van der Waals surface area contributed by atoms with Crippen LogP contribution in [0.15, 0.2) is 24.5 Å². The normalized spacial score (nSPS) is 20.5. The van der Waals surface area contributed by atoms with E-state index in [0.717, 1.165) is 36.3 Å². The van der Waals surface area contributed by atoms with Crippen LogP contribution in [0.4, 0.5) is 4.39 Å². The van der Waals surface area contributed by atoms with Gasteiger partial charge in [0.25, 0.3) is 0 Å². The number of benzene rings is 1. The predicted molar refractivity (Wildman–Crippen MR) is 80.6 cm³/mol. The van der Waals surface area contributed by atoms with E-state index in [2.05, 4.69) is 15.1 Å². The third kappa shape index (κ3) is 2.89. The lowest BCUT2D eigenvalue weighted by atomic mass is 10.0. The van der Waals surface area contributed by atoms with Gasteiger partial charge in [0.2, 0.25) is 0 Å². The third-order valence-electron chi connectivity index (χ3n) is 4.41. The van der Waals surface area contributed by atoms with E-state index in [1.807, 2.05) is 18.5 Å². The number of aryl methyl sites for hydroxylation is 2. The Labute approximate surface area is 129 Å². The second-order valence-electron chi connectivity index (χ2n) is 5.97. The Morgan fingerprint density at radius 3 is 2.95 bits per heavy atom. The Hall–Kier alpha value is -1.79. The maximum Gasteiger partial charge on any atom is 0.149 e. The maximum atomic E-state index is 13.2. The van der Waals surface area contributed by atoms with Crippen molar-refractivity contribution in [2.24, 2.45) is 7.05 Å². The van der Waals surface area contributed by atoms with Crippen molar-refractivity contribution < 1.29 is 9.50 Å². The SMILES string of the molecule is Cc1cc(F)ccc1C(O)CN1CCCC1c1nncn1C. The van der Waals surface area contributed by atoms with Crippen molar-refractivity contribution in [2.45, 2.75) is 31.9 Å². The minimum Gasteiger partial charge on any atom is -0.387 e. The minimum absolute atomic E-state index is 0.183. The third-order valence-corrected chi connectivity index (χ3v) is 4.41. The van der Waals surface area contributed by atoms with Crippen molar-refractivity contribution in [2.75, 3.05) is 13.1 Å². The summed E-state index contributed by atoms with van der Waals surface area (Å²) >= 11 is 0. The lowest BCUT2D eigenvalue weighted by molar-refractivity contribution is 0.103. The van der Waals surface area contributed by atoms with E-state index in [-0.39, 0.29) is 11.9 Å². The van der Waals surface area contributed by atoms with Crippen LogP contribution < -0.4 is 0 Å². The molecule has 5 nitrogen and oxygen atoms in total. The molecule has 118 valence electrons. The van der Waals surface area contributed by atoms with Crippen molar-refractivity contribution in [1.29, 1.82) is 0 Å². The summed E-state index contributed by atoms with van der Waals surface area (Å²) in [6.07, 6.45) is 3.16. The van der Waals surface area contributed by atoms with Gasteiger partial charge >= 0.3 is 0 Å². The van der Waals surface area contributed by atoms with Gasteiger partial charge in [-0.15, -0.1) is 10.2 Å². The number of hydrogen-bond donors (Lipinski definition) is 1. The fraction of sp³-hybridized carbons (Fsp3) is 0.500. The Balaban J connectivity index is 1.75. The van der Waals surface area contributed by atoms with Crippen LogP contribution in [0.2, 0.25) is 0 Å². The monoisotopic (exact) mass is 304 g/mol. The van der Waals surface area contributed by atoms with Gasteiger partial charge in [0.1, 0.15) is 18.0 Å². The molecule has 0 radical (unpaired) electrons. The molecule has 2 heterocycles. The predicted octanol–water partition coefficient (Wildman–Crippen LogP) is 2.13. The number of aromatic nitrogens is 3. The van der Waals surface area contributed by atoms with Crippen LogP contribution >= 0.6 is 0 Å². The highest BCUT2D eigenvalue weighted by atomic mass is 19.1. The topological polar surface area (TPSA) is 54.2 Å². The van der Waals surface area contributed by atoms with E-state index in [9.17, 15) is 9.50 Å². The molecular formula is C16H21FN4O. The molecule has 0 amide bonds. The zero-order valence-electron chi connectivity index (χ0n) is 12.9. The highest BCUT2D eigenvalue weighted by molar-refractivity contribution is 5.28. The first-order chi connectivity index (χ1) is 10.6. The van der Waals surface area contributed by atoms with Crippen molar-refractivity contribution in [3.05, 3.63) is 47.3 Å². The van der Waals surface area contributed by atoms with Crippen LogP contribution in [-0.4, -0.2) is 37.9 Å². The largest absolute Gasteiger partial charge is 0.387 e. The lowest BCUT2D eigenvalue weighted by Crippen LogP contribution is -2.30. The summed E-state index contributed by atoms with van der Waals surface area (Å²) in [4.78, 5) is 2.23. The highest BCUT2D eigenvalue weighted by Gasteiger charge is 2.31. The molecule has 3 rings (SSSR count). The molecular weight excluding hydrogens is 283 g/mol. The van der Waals surface area contributed by atoms with Gasteiger partial charge in [-0.3, -0.25) is 4.90 Å². The van der Waals surface area contributed by atoms with E-state index < -0.39 is 6.10 Å². The van der Waals surface area contributed by atoms with Crippen LogP contribution in [0, 0.1) is 12.7 Å². The lowest BCUT2D eigenvalue weighted by Gasteiger charge is -2.26. The Morgan fingerprint density at radius 2 is 2.27 bits per heavy atom. The summed E-state index contributed by atoms with van der Waals surface area (Å²) in [5.74, 6) is 0.659. The van der Waals surface area contributed by atoms with Gasteiger partial charge in [-0.2, -0.15) is 0 Å². The molecule has 2 atom stereocenters. The summed E-state index contributed by atoms with van der Waals surface area (Å²) in [5, 5.41) is 18.7. The van der Waals surface area contributed by atoms with Crippen LogP contribution in [0.5, 0.6) is 0 Å². The number of β-amino-alcohol motifs (C(OH)–C–C–N with tert-alkyl or cyclic N) is 1. The number of rotatable bonds is 4. The standard InChI is InChI=1S/C16H21FN4O/c1-11-8-12(17)5-6-13(11)15(22)9-21-7-3-4-14(21)16-19-18-10-20(16)2/h5-6,8,10,14-15,22H,3-4,7,9H2,1-2H3. The number of halogens is 1. The zero-order valence-corrected chi connectivity index (χ0v) is 12.9. The van der Waals surface area contributed by atoms with E-state index in [1.165, 1.54) is 12.1 Å². The number of aliphatic hydroxyl groups is 1. The van der Waals surface area contributed by atoms with Gasteiger partial charge in [-0.1, -0.05) is 6.07 Å². The van der Waals surface area contributed by atoms with Gasteiger partial charge in [0.15, 0.2) is 0 Å². The minimum atomic E-state index is -0.630. The summed E-state index contributed by atoms with van der Waals surface area (Å²) in [7, 11) is 1.94. The Morgan fingerprint density at radius 1 is 1.45 bits per heavy atom. The first-order valence-corrected chi connectivity index (χ1v) is 7.58. The van der Waals surface area contributed by atoms with Gasteiger partial charge in [-0.05, 0) is 49.6 Å². The smallest absolute Gasteiger partial charge is 0.149 e. The summed E-state index contributed by atoms with van der Waals surface area (Å²) < 4.78 is 15.1. The molecule has 0 bridgehead atoms. The van der Waals surface area contributed by atoms with Gasteiger partial charge in [0, 0.05) is 13.6 Å². The Kier molecular flexibility index (Phi) is 4.22. The van der Waals surface area contributed by atoms with E-state index in [4.69, 9.17) is 0 Å². The van der Waals surface area contributed by atoms with E-state index in [0.29, 0.717) is 6.54 Å². The molecule has 1 N–H and O–H groups in total. The molecule has 1 aromatic heterocycles. The molecule has 2 aromatic rings. The number of likely N-dealkylation sites (tertiary alicyclic amines) is 1. The quantitative estimate of drug-likeness (QED) is 0.940. The molecule has 0 aliphatic carbocycles. The number of aliphatic hydroxyl groups excluding tert-OH is 1. The van der Waals surface area contributed by atoms with Crippen molar-refractivity contribution in [3.8, 4) is 0 Å². The average molecular weight is 304 g/mol. The number of hydrogen-bond acceptors (Lipinski definition) is 4. The molecule has 22 heavy (non-hydrogen) atoms. The first kappa shape index (κ1) is 15.1. The molecule has 1 aliphatic rings. The highest BCUT2D eigenvalue weighted by Crippen LogP contribution is 2.32. The van der Waals surface area contributed by atoms with Crippen molar-refractivity contribution in [3.63, 3.8) is 0 Å². The van der Waals surface area contributed by atoms with E-state index in [1.54, 1.807) is 12.4 Å². The fourth-order valence-corrected chi connectivity index (χ4v) is 3.26. The van der Waals surface area contributed by atoms with Gasteiger partial charge in [-0.25, -0.2) is 4.39 Å². The molecule has 1 fully saturated rings. The summed E-state index contributed by atoms with van der Waals surface area (Å²) in [6.45, 7) is 3.27. The van der Waals surface area contributed by atoms with Crippen LogP contribution in [-0.2, 0) is 7.05 Å². The summed E-state index contributed by atoms with van der Waals surface area (Å²) in [6, 6.07) is 4.71.